The Labute approximate surface area is 81.0 Å². The van der Waals surface area contributed by atoms with Gasteiger partial charge in [0, 0.05) is 6.92 Å². The van der Waals surface area contributed by atoms with E-state index in [1.54, 1.807) is 0 Å². The van der Waals surface area contributed by atoms with Crippen LogP contribution < -0.4 is 0 Å². The minimum absolute atomic E-state index is 0.0194. The molecule has 76 valence electrons. The molecule has 13 heavy (non-hydrogen) atoms. The number of rotatable bonds is 6. The Balaban J connectivity index is 3.85. The molecule has 0 saturated heterocycles. The van der Waals surface area contributed by atoms with E-state index in [9.17, 15) is 4.79 Å². The molecule has 0 aliphatic rings. The maximum Gasteiger partial charge on any atom is 0.303 e. The second kappa shape index (κ2) is 7.84. The second-order valence-electron chi connectivity index (χ2n) is 3.15. The summed E-state index contributed by atoms with van der Waals surface area (Å²) in [6.07, 6.45) is 8.21. The van der Waals surface area contributed by atoms with Crippen LogP contribution in [0.4, 0.5) is 0 Å². The third-order valence-electron chi connectivity index (χ3n) is 1.70. The van der Waals surface area contributed by atoms with Crippen molar-refractivity contribution in [1.29, 1.82) is 0 Å². The number of hydrogen-bond acceptors (Lipinski definition) is 2. The summed E-state index contributed by atoms with van der Waals surface area (Å²) >= 11 is 0. The van der Waals surface area contributed by atoms with Crippen LogP contribution >= 0.6 is 0 Å². The Morgan fingerprint density at radius 1 is 1.38 bits per heavy atom. The van der Waals surface area contributed by atoms with Crippen LogP contribution in [-0.2, 0) is 9.53 Å². The highest BCUT2D eigenvalue weighted by Gasteiger charge is 2.05. The van der Waals surface area contributed by atoms with Crippen molar-refractivity contribution in [1.82, 2.24) is 0 Å². The fourth-order valence-corrected chi connectivity index (χ4v) is 1.11. The Morgan fingerprint density at radius 3 is 2.54 bits per heavy atom. The van der Waals surface area contributed by atoms with Crippen molar-refractivity contribution in [2.45, 2.75) is 52.6 Å². The Hall–Kier alpha value is -0.790. The van der Waals surface area contributed by atoms with Gasteiger partial charge in [-0.1, -0.05) is 32.8 Å². The van der Waals surface area contributed by atoms with Gasteiger partial charge in [-0.2, -0.15) is 0 Å². The van der Waals surface area contributed by atoms with Crippen LogP contribution in [0, 0.1) is 0 Å². The summed E-state index contributed by atoms with van der Waals surface area (Å²) in [5.74, 6) is -0.195. The van der Waals surface area contributed by atoms with Crippen LogP contribution in [0.1, 0.15) is 46.5 Å². The smallest absolute Gasteiger partial charge is 0.303 e. The summed E-state index contributed by atoms with van der Waals surface area (Å²) < 4.78 is 5.11. The quantitative estimate of drug-likeness (QED) is 0.468. The van der Waals surface area contributed by atoms with Crippen molar-refractivity contribution in [2.24, 2.45) is 0 Å². The number of unbranched alkanes of at least 4 members (excludes halogenated alkanes) is 1. The van der Waals surface area contributed by atoms with Crippen molar-refractivity contribution >= 4 is 5.97 Å². The SMILES string of the molecule is CCC/C=C/[C@@H](CCC)OC(C)=O. The lowest BCUT2D eigenvalue weighted by Crippen LogP contribution is -2.13. The highest BCUT2D eigenvalue weighted by Crippen LogP contribution is 2.05. The van der Waals surface area contributed by atoms with E-state index in [2.05, 4.69) is 19.9 Å². The molecule has 0 rings (SSSR count). The fourth-order valence-electron chi connectivity index (χ4n) is 1.11. The highest BCUT2D eigenvalue weighted by atomic mass is 16.5. The number of esters is 1. The third-order valence-corrected chi connectivity index (χ3v) is 1.70. The molecule has 0 amide bonds. The summed E-state index contributed by atoms with van der Waals surface area (Å²) in [6.45, 7) is 5.67. The van der Waals surface area contributed by atoms with E-state index >= 15 is 0 Å². The average Bonchev–Trinajstić information content (AvgIpc) is 2.04. The van der Waals surface area contributed by atoms with Crippen LogP contribution in [0.5, 0.6) is 0 Å². The number of ether oxygens (including phenoxy) is 1. The monoisotopic (exact) mass is 184 g/mol. The van der Waals surface area contributed by atoms with Crippen molar-refractivity contribution in [2.75, 3.05) is 0 Å². The van der Waals surface area contributed by atoms with Gasteiger partial charge in [0.05, 0.1) is 0 Å². The van der Waals surface area contributed by atoms with E-state index in [1.807, 2.05) is 6.08 Å². The van der Waals surface area contributed by atoms with E-state index in [0.717, 1.165) is 25.7 Å². The maximum atomic E-state index is 10.7. The van der Waals surface area contributed by atoms with Crippen LogP contribution in [0.25, 0.3) is 0 Å². The van der Waals surface area contributed by atoms with Gasteiger partial charge in [0.2, 0.25) is 0 Å². The zero-order valence-electron chi connectivity index (χ0n) is 8.88. The molecule has 0 aromatic heterocycles. The number of allylic oxidation sites excluding steroid dienone is 1. The molecule has 0 saturated carbocycles. The molecule has 1 atom stereocenters. The first-order valence-corrected chi connectivity index (χ1v) is 5.04. The third kappa shape index (κ3) is 7.57. The normalized spacial score (nSPS) is 13.2. The molecule has 0 heterocycles. The van der Waals surface area contributed by atoms with Crippen LogP contribution in [0.2, 0.25) is 0 Å². The molecule has 0 radical (unpaired) electrons. The molecular formula is C11H20O2. The van der Waals surface area contributed by atoms with Gasteiger partial charge in [-0.3, -0.25) is 4.79 Å². The number of hydrogen-bond donors (Lipinski definition) is 0. The minimum atomic E-state index is -0.195. The van der Waals surface area contributed by atoms with Gasteiger partial charge in [0.1, 0.15) is 6.10 Å². The molecule has 2 heteroatoms. The van der Waals surface area contributed by atoms with Crippen LogP contribution in [0.15, 0.2) is 12.2 Å². The van der Waals surface area contributed by atoms with E-state index < -0.39 is 0 Å². The largest absolute Gasteiger partial charge is 0.458 e. The summed E-state index contributed by atoms with van der Waals surface area (Å²) in [4.78, 5) is 10.7. The maximum absolute atomic E-state index is 10.7. The number of carbonyl (C=O) groups excluding carboxylic acids is 1. The zero-order valence-corrected chi connectivity index (χ0v) is 8.88. The predicted octanol–water partition coefficient (Wildman–Crippen LogP) is 3.07. The van der Waals surface area contributed by atoms with Gasteiger partial charge in [0.15, 0.2) is 0 Å². The van der Waals surface area contributed by atoms with Crippen molar-refractivity contribution in [3.8, 4) is 0 Å². The first-order chi connectivity index (χ1) is 6.20. The van der Waals surface area contributed by atoms with Crippen LogP contribution in [-0.4, -0.2) is 12.1 Å². The van der Waals surface area contributed by atoms with Gasteiger partial charge in [-0.05, 0) is 18.9 Å². The summed E-state index contributed by atoms with van der Waals surface area (Å²) in [7, 11) is 0. The predicted molar refractivity (Wildman–Crippen MR) is 54.5 cm³/mol. The van der Waals surface area contributed by atoms with Gasteiger partial charge >= 0.3 is 5.97 Å². The summed E-state index contributed by atoms with van der Waals surface area (Å²) in [5.41, 5.74) is 0. The second-order valence-corrected chi connectivity index (χ2v) is 3.15. The lowest BCUT2D eigenvalue weighted by Gasteiger charge is -2.11. The Morgan fingerprint density at radius 2 is 2.08 bits per heavy atom. The molecule has 0 fully saturated rings. The number of carbonyl (C=O) groups is 1. The average molecular weight is 184 g/mol. The van der Waals surface area contributed by atoms with Gasteiger partial charge < -0.3 is 4.74 Å². The molecule has 2 nitrogen and oxygen atoms in total. The van der Waals surface area contributed by atoms with Gasteiger partial charge in [0.25, 0.3) is 0 Å². The van der Waals surface area contributed by atoms with E-state index in [-0.39, 0.29) is 12.1 Å². The highest BCUT2D eigenvalue weighted by molar-refractivity contribution is 5.66. The molecule has 0 N–H and O–H groups in total. The van der Waals surface area contributed by atoms with E-state index in [0.29, 0.717) is 0 Å². The van der Waals surface area contributed by atoms with Crippen molar-refractivity contribution < 1.29 is 9.53 Å². The van der Waals surface area contributed by atoms with E-state index in [1.165, 1.54) is 6.92 Å². The molecule has 0 aliphatic heterocycles. The lowest BCUT2D eigenvalue weighted by molar-refractivity contribution is -0.144. The van der Waals surface area contributed by atoms with E-state index in [4.69, 9.17) is 4.74 Å². The molecule has 0 spiro atoms. The van der Waals surface area contributed by atoms with Gasteiger partial charge in [-0.25, -0.2) is 0 Å². The van der Waals surface area contributed by atoms with Crippen molar-refractivity contribution in [3.05, 3.63) is 12.2 Å². The lowest BCUT2D eigenvalue weighted by atomic mass is 10.2. The Kier molecular flexibility index (Phi) is 7.36. The molecule has 0 aromatic rings. The summed E-state index contributed by atoms with van der Waals surface area (Å²) in [5, 5.41) is 0. The van der Waals surface area contributed by atoms with Crippen molar-refractivity contribution in [3.63, 3.8) is 0 Å². The standard InChI is InChI=1S/C11H20O2/c1-4-6-7-9-11(8-5-2)13-10(3)12/h7,9,11H,4-6,8H2,1-3H3/b9-7+/t11-/m1/s1. The molecule has 0 bridgehead atoms. The van der Waals surface area contributed by atoms with Gasteiger partial charge in [-0.15, -0.1) is 0 Å². The molecule has 0 aliphatic carbocycles. The fraction of sp³-hybridized carbons (Fsp3) is 0.727. The zero-order chi connectivity index (χ0) is 10.1. The molecule has 0 aromatic carbocycles. The molecule has 0 unspecified atom stereocenters. The van der Waals surface area contributed by atoms with Crippen LogP contribution in [0.3, 0.4) is 0 Å². The Bertz CT molecular complexity index is 161. The molecular weight excluding hydrogens is 164 g/mol. The first kappa shape index (κ1) is 12.2. The topological polar surface area (TPSA) is 26.3 Å². The summed E-state index contributed by atoms with van der Waals surface area (Å²) in [6, 6.07) is 0. The first-order valence-electron chi connectivity index (χ1n) is 5.04. The minimum Gasteiger partial charge on any atom is -0.458 e.